The number of nitrogens with one attached hydrogen (secondary N) is 1. The number of aromatic nitrogens is 3. The van der Waals surface area contributed by atoms with E-state index in [0.717, 1.165) is 29.9 Å². The van der Waals surface area contributed by atoms with Crippen LogP contribution >= 0.6 is 12.2 Å². The van der Waals surface area contributed by atoms with Gasteiger partial charge in [0.05, 0.1) is 12.8 Å². The van der Waals surface area contributed by atoms with Crippen molar-refractivity contribution in [3.8, 4) is 0 Å². The predicted octanol–water partition coefficient (Wildman–Crippen LogP) is 2.13. The van der Waals surface area contributed by atoms with Crippen LogP contribution in [-0.4, -0.2) is 46.4 Å². The number of hydrogen-bond acceptors (Lipinski definition) is 5. The summed E-state index contributed by atoms with van der Waals surface area (Å²) in [5, 5.41) is 20.5. The molecule has 2 aromatic rings. The molecule has 1 aromatic heterocycles. The first-order chi connectivity index (χ1) is 10.7. The highest BCUT2D eigenvalue weighted by Crippen LogP contribution is 2.38. The van der Waals surface area contributed by atoms with Gasteiger partial charge in [0.15, 0.2) is 5.82 Å². The minimum Gasteiger partial charge on any atom is -0.395 e. The Morgan fingerprint density at radius 2 is 2.18 bits per heavy atom. The molecule has 1 saturated carbocycles. The number of aromatic amines is 1. The average molecular weight is 317 g/mol. The van der Waals surface area contributed by atoms with Gasteiger partial charge >= 0.3 is 0 Å². The van der Waals surface area contributed by atoms with E-state index in [1.165, 1.54) is 0 Å². The highest BCUT2D eigenvalue weighted by atomic mass is 32.1. The molecule has 6 nitrogen and oxygen atoms in total. The van der Waals surface area contributed by atoms with Crippen LogP contribution < -0.4 is 4.90 Å². The van der Waals surface area contributed by atoms with E-state index in [2.05, 4.69) is 15.3 Å². The van der Waals surface area contributed by atoms with Crippen LogP contribution in [0.4, 0.5) is 5.69 Å². The first-order valence-corrected chi connectivity index (χ1v) is 7.73. The van der Waals surface area contributed by atoms with Crippen LogP contribution in [0.5, 0.6) is 0 Å². The van der Waals surface area contributed by atoms with Gasteiger partial charge in [-0.3, -0.25) is 5.10 Å². The van der Waals surface area contributed by atoms with Gasteiger partial charge in [-0.25, -0.2) is 0 Å². The highest BCUT2D eigenvalue weighted by molar-refractivity contribution is 7.71. The summed E-state index contributed by atoms with van der Waals surface area (Å²) in [4.78, 5) is 2.00. The van der Waals surface area contributed by atoms with Crippen molar-refractivity contribution in [1.29, 1.82) is 0 Å². The molecule has 0 saturated heterocycles. The van der Waals surface area contributed by atoms with E-state index in [0.29, 0.717) is 17.2 Å². The monoisotopic (exact) mass is 317 g/mol. The molecule has 0 atom stereocenters. The Labute approximate surface area is 134 Å². The third-order valence-electron chi connectivity index (χ3n) is 3.71. The number of aliphatic hydroxyl groups is 1. The Morgan fingerprint density at radius 1 is 1.45 bits per heavy atom. The molecule has 1 aliphatic rings. The fourth-order valence-corrected chi connectivity index (χ4v) is 2.43. The van der Waals surface area contributed by atoms with Crippen molar-refractivity contribution in [1.82, 2.24) is 14.9 Å². The van der Waals surface area contributed by atoms with Crippen LogP contribution in [0.3, 0.4) is 0 Å². The summed E-state index contributed by atoms with van der Waals surface area (Å²) in [6, 6.07) is 8.00. The second-order valence-electron chi connectivity index (χ2n) is 5.45. The molecule has 0 aliphatic heterocycles. The number of nitrogens with zero attached hydrogens (tertiary/aromatic N) is 4. The third-order valence-corrected chi connectivity index (χ3v) is 3.97. The summed E-state index contributed by atoms with van der Waals surface area (Å²) >= 11 is 5.22. The van der Waals surface area contributed by atoms with Gasteiger partial charge in [-0.2, -0.15) is 14.9 Å². The van der Waals surface area contributed by atoms with E-state index in [1.54, 1.807) is 10.9 Å². The number of likely N-dealkylation sites (N-methyl/N-ethyl adjacent to an activating group) is 1. The molecule has 0 unspecified atom stereocenters. The summed E-state index contributed by atoms with van der Waals surface area (Å²) in [6.07, 6.45) is 4.09. The molecule has 3 rings (SSSR count). The SMILES string of the molecule is CN(CCO)c1ccc(/C=N\n2c(C3CC3)n[nH]c2=S)cc1. The van der Waals surface area contributed by atoms with Gasteiger partial charge in [0.2, 0.25) is 4.77 Å². The molecule has 0 radical (unpaired) electrons. The van der Waals surface area contributed by atoms with Gasteiger partial charge in [-0.05, 0) is 42.8 Å². The molecular formula is C15H19N5OS. The van der Waals surface area contributed by atoms with E-state index in [-0.39, 0.29) is 6.61 Å². The van der Waals surface area contributed by atoms with Gasteiger partial charge in [0, 0.05) is 25.2 Å². The van der Waals surface area contributed by atoms with Crippen molar-refractivity contribution >= 4 is 24.1 Å². The van der Waals surface area contributed by atoms with E-state index < -0.39 is 0 Å². The Hall–Kier alpha value is -1.99. The standard InChI is InChI=1S/C15H19N5OS/c1-19(8-9-21)13-6-2-11(3-7-13)10-16-20-14(12-4-5-12)17-18-15(20)22/h2-3,6-7,10,12,21H,4-5,8-9H2,1H3,(H,18,22)/b16-10-. The third kappa shape index (κ3) is 3.26. The molecular weight excluding hydrogens is 298 g/mol. The van der Waals surface area contributed by atoms with Crippen LogP contribution in [0.25, 0.3) is 0 Å². The zero-order valence-corrected chi connectivity index (χ0v) is 13.3. The van der Waals surface area contributed by atoms with E-state index in [4.69, 9.17) is 17.3 Å². The summed E-state index contributed by atoms with van der Waals surface area (Å²) < 4.78 is 2.23. The zero-order valence-electron chi connectivity index (χ0n) is 12.4. The minimum atomic E-state index is 0.141. The second kappa shape index (κ2) is 6.41. The summed E-state index contributed by atoms with van der Waals surface area (Å²) in [5.74, 6) is 1.40. The van der Waals surface area contributed by atoms with Crippen LogP contribution in [0.1, 0.15) is 30.1 Å². The fraction of sp³-hybridized carbons (Fsp3) is 0.400. The number of H-pyrrole nitrogens is 1. The van der Waals surface area contributed by atoms with Gasteiger partial charge in [-0.15, -0.1) is 0 Å². The molecule has 22 heavy (non-hydrogen) atoms. The Morgan fingerprint density at radius 3 is 2.82 bits per heavy atom. The van der Waals surface area contributed by atoms with Crippen LogP contribution in [0.15, 0.2) is 29.4 Å². The molecule has 1 heterocycles. The van der Waals surface area contributed by atoms with Crippen molar-refractivity contribution < 1.29 is 5.11 Å². The number of aliphatic hydroxyl groups excluding tert-OH is 1. The summed E-state index contributed by atoms with van der Waals surface area (Å²) in [5.41, 5.74) is 2.05. The van der Waals surface area contributed by atoms with Gasteiger partial charge in [0.1, 0.15) is 0 Å². The first-order valence-electron chi connectivity index (χ1n) is 7.33. The van der Waals surface area contributed by atoms with Gasteiger partial charge in [-0.1, -0.05) is 12.1 Å². The molecule has 0 spiro atoms. The molecule has 116 valence electrons. The maximum absolute atomic E-state index is 8.96. The summed E-state index contributed by atoms with van der Waals surface area (Å²) in [6.45, 7) is 0.755. The Balaban J connectivity index is 1.76. The zero-order chi connectivity index (χ0) is 15.5. The average Bonchev–Trinajstić information content (AvgIpc) is 3.30. The van der Waals surface area contributed by atoms with Crippen LogP contribution in [0, 0.1) is 4.77 Å². The molecule has 2 N–H and O–H groups in total. The van der Waals surface area contributed by atoms with Crippen molar-refractivity contribution in [2.75, 3.05) is 25.1 Å². The normalized spacial score (nSPS) is 14.6. The molecule has 1 aliphatic carbocycles. The smallest absolute Gasteiger partial charge is 0.216 e. The molecule has 1 aromatic carbocycles. The molecule has 0 bridgehead atoms. The lowest BCUT2D eigenvalue weighted by Crippen LogP contribution is -2.20. The maximum Gasteiger partial charge on any atom is 0.216 e. The molecule has 7 heteroatoms. The largest absolute Gasteiger partial charge is 0.395 e. The first kappa shape index (κ1) is 14.9. The topological polar surface area (TPSA) is 69.4 Å². The maximum atomic E-state index is 8.96. The number of anilines is 1. The van der Waals surface area contributed by atoms with Crippen molar-refractivity contribution in [3.63, 3.8) is 0 Å². The number of benzene rings is 1. The highest BCUT2D eigenvalue weighted by Gasteiger charge is 2.29. The van der Waals surface area contributed by atoms with Gasteiger partial charge < -0.3 is 10.0 Å². The fourth-order valence-electron chi connectivity index (χ4n) is 2.24. The lowest BCUT2D eigenvalue weighted by molar-refractivity contribution is 0.304. The lowest BCUT2D eigenvalue weighted by atomic mass is 10.2. The Bertz CT molecular complexity index is 714. The second-order valence-corrected chi connectivity index (χ2v) is 5.84. The minimum absolute atomic E-state index is 0.141. The van der Waals surface area contributed by atoms with E-state index in [1.807, 2.05) is 36.2 Å². The van der Waals surface area contributed by atoms with E-state index in [9.17, 15) is 0 Å². The lowest BCUT2D eigenvalue weighted by Gasteiger charge is -2.17. The van der Waals surface area contributed by atoms with Crippen molar-refractivity contribution in [2.24, 2.45) is 5.10 Å². The molecule has 0 amide bonds. The van der Waals surface area contributed by atoms with Crippen LogP contribution in [0.2, 0.25) is 0 Å². The van der Waals surface area contributed by atoms with Crippen LogP contribution in [-0.2, 0) is 0 Å². The predicted molar refractivity (Wildman–Crippen MR) is 89.2 cm³/mol. The van der Waals surface area contributed by atoms with Crippen molar-refractivity contribution in [3.05, 3.63) is 40.4 Å². The van der Waals surface area contributed by atoms with Gasteiger partial charge in [0.25, 0.3) is 0 Å². The number of hydrogen-bond donors (Lipinski definition) is 2. The quantitative estimate of drug-likeness (QED) is 0.632. The molecule has 1 fully saturated rings. The van der Waals surface area contributed by atoms with Crippen molar-refractivity contribution in [2.45, 2.75) is 18.8 Å². The number of rotatable bonds is 6. The Kier molecular flexibility index (Phi) is 4.35. The van der Waals surface area contributed by atoms with E-state index >= 15 is 0 Å². The summed E-state index contributed by atoms with van der Waals surface area (Å²) in [7, 11) is 1.95.